The van der Waals surface area contributed by atoms with Crippen molar-refractivity contribution in [1.29, 1.82) is 0 Å². The zero-order valence-corrected chi connectivity index (χ0v) is 12.2. The van der Waals surface area contributed by atoms with Gasteiger partial charge < -0.3 is 15.4 Å². The summed E-state index contributed by atoms with van der Waals surface area (Å²) in [5.74, 6) is -1.13. The summed E-state index contributed by atoms with van der Waals surface area (Å²) in [6.07, 6.45) is 0. The summed E-state index contributed by atoms with van der Waals surface area (Å²) in [7, 11) is 0. The molecule has 1 fully saturated rings. The number of fused-ring (bicyclic) bond motifs is 1. The lowest BCUT2D eigenvalue weighted by Gasteiger charge is -2.32. The highest BCUT2D eigenvalue weighted by Crippen LogP contribution is 2.16. The van der Waals surface area contributed by atoms with Gasteiger partial charge in [0.2, 0.25) is 0 Å². The Morgan fingerprint density at radius 2 is 2.18 bits per heavy atom. The molecule has 0 amide bonds. The fraction of sp³-hybridized carbons (Fsp3) is 0.333. The zero-order valence-electron chi connectivity index (χ0n) is 12.2. The number of pyridine rings is 1. The van der Waals surface area contributed by atoms with Gasteiger partial charge in [-0.1, -0.05) is 18.2 Å². The van der Waals surface area contributed by atoms with Crippen LogP contribution in [0.5, 0.6) is 0 Å². The Hall–Kier alpha value is -2.38. The third-order valence-electron chi connectivity index (χ3n) is 3.74. The van der Waals surface area contributed by atoms with Gasteiger partial charge in [-0.05, 0) is 13.0 Å². The molecule has 2 N–H and O–H groups in total. The van der Waals surface area contributed by atoms with Crippen LogP contribution in [0.1, 0.15) is 17.3 Å². The number of aromatic nitrogens is 1. The first-order valence-electron chi connectivity index (χ1n) is 7.12. The number of hydrogen-bond donors (Lipinski definition) is 2. The Balaban J connectivity index is 2.10. The Kier molecular flexibility index (Phi) is 3.82. The van der Waals surface area contributed by atoms with Crippen LogP contribution in [0.4, 0.5) is 0 Å². The number of nitrogens with one attached hydrogen (secondary N) is 1. The maximum absolute atomic E-state index is 12.3. The summed E-state index contributed by atoms with van der Waals surface area (Å²) < 4.78 is 1.16. The molecule has 1 saturated heterocycles. The minimum atomic E-state index is -1.13. The van der Waals surface area contributed by atoms with Crippen molar-refractivity contribution in [1.82, 2.24) is 15.1 Å². The van der Waals surface area contributed by atoms with E-state index < -0.39 is 11.5 Å². The average molecular weight is 303 g/mol. The molecule has 2 heterocycles. The predicted octanol–water partition coefficient (Wildman–Crippen LogP) is 0.337. The highest BCUT2D eigenvalue weighted by molar-refractivity contribution is 6.02. The average Bonchev–Trinajstić information content (AvgIpc) is 2.51. The lowest BCUT2D eigenvalue weighted by atomic mass is 10.1. The molecule has 0 aliphatic carbocycles. The van der Waals surface area contributed by atoms with Crippen molar-refractivity contribution in [3.63, 3.8) is 0 Å². The van der Waals surface area contributed by atoms with Crippen LogP contribution < -0.4 is 15.8 Å². The van der Waals surface area contributed by atoms with Gasteiger partial charge in [-0.2, -0.15) is 0 Å². The predicted molar refractivity (Wildman–Crippen MR) is 80.8 cm³/mol. The quantitative estimate of drug-likeness (QED) is 0.850. The first-order valence-corrected chi connectivity index (χ1v) is 7.12. The number of benzene rings is 1. The number of aromatic carboxylic acids is 1. The van der Waals surface area contributed by atoms with Gasteiger partial charge in [-0.15, -0.1) is 9.79 Å². The van der Waals surface area contributed by atoms with Gasteiger partial charge in [0.05, 0.1) is 23.7 Å². The van der Waals surface area contributed by atoms with Crippen molar-refractivity contribution in [3.8, 4) is 0 Å². The molecule has 1 atom stereocenters. The van der Waals surface area contributed by atoms with Crippen molar-refractivity contribution in [3.05, 3.63) is 46.2 Å². The molecule has 1 aromatic heterocycles. The van der Waals surface area contributed by atoms with Crippen molar-refractivity contribution < 1.29 is 14.8 Å². The molecule has 1 aliphatic rings. The molecular weight excluding hydrogens is 286 g/mol. The van der Waals surface area contributed by atoms with E-state index in [-0.39, 0.29) is 11.6 Å². The molecule has 0 saturated carbocycles. The van der Waals surface area contributed by atoms with Crippen LogP contribution in [0.2, 0.25) is 0 Å². The van der Waals surface area contributed by atoms with Crippen LogP contribution in [-0.2, 0) is 0 Å². The molecular formula is C15H17N3O4. The normalized spacial score (nSPS) is 19.2. The summed E-state index contributed by atoms with van der Waals surface area (Å²) in [5, 5.41) is 14.7. The molecule has 22 heavy (non-hydrogen) atoms. The number of rotatable bonds is 3. The molecule has 7 nitrogen and oxygen atoms in total. The Morgan fingerprint density at radius 3 is 2.91 bits per heavy atom. The SMILES string of the molecule is CC1CNCCN1On1c(=O)cc(C(=O)O)c2ccccc21. The number of hydroxylamine groups is 2. The van der Waals surface area contributed by atoms with Crippen molar-refractivity contribution >= 4 is 16.9 Å². The van der Waals surface area contributed by atoms with E-state index in [0.29, 0.717) is 17.4 Å². The minimum Gasteiger partial charge on any atom is -0.478 e. The first-order chi connectivity index (χ1) is 10.6. The molecule has 1 unspecified atom stereocenters. The number of carboxylic acid groups (broad SMARTS) is 1. The van der Waals surface area contributed by atoms with E-state index in [1.54, 1.807) is 29.3 Å². The Labute approximate surface area is 126 Å². The zero-order chi connectivity index (χ0) is 15.7. The summed E-state index contributed by atoms with van der Waals surface area (Å²) in [6.45, 7) is 4.16. The summed E-state index contributed by atoms with van der Waals surface area (Å²) in [5.41, 5.74) is -0.0752. The lowest BCUT2D eigenvalue weighted by molar-refractivity contribution is -0.190. The van der Waals surface area contributed by atoms with E-state index in [4.69, 9.17) is 4.94 Å². The van der Waals surface area contributed by atoms with Crippen LogP contribution in [0, 0.1) is 0 Å². The van der Waals surface area contributed by atoms with Gasteiger partial charge in [-0.25, -0.2) is 4.79 Å². The van der Waals surface area contributed by atoms with Crippen molar-refractivity contribution in [2.75, 3.05) is 19.6 Å². The smallest absolute Gasteiger partial charge is 0.336 e. The second-order valence-electron chi connectivity index (χ2n) is 5.29. The maximum atomic E-state index is 12.3. The van der Waals surface area contributed by atoms with Crippen LogP contribution >= 0.6 is 0 Å². The second-order valence-corrected chi connectivity index (χ2v) is 5.29. The van der Waals surface area contributed by atoms with Crippen molar-refractivity contribution in [2.45, 2.75) is 13.0 Å². The highest BCUT2D eigenvalue weighted by atomic mass is 16.8. The van der Waals surface area contributed by atoms with Gasteiger partial charge in [0.15, 0.2) is 0 Å². The van der Waals surface area contributed by atoms with Gasteiger partial charge in [0.25, 0.3) is 5.56 Å². The lowest BCUT2D eigenvalue weighted by Crippen LogP contribution is -2.54. The van der Waals surface area contributed by atoms with Gasteiger partial charge in [0, 0.05) is 24.5 Å². The molecule has 116 valence electrons. The van der Waals surface area contributed by atoms with Gasteiger partial charge in [0.1, 0.15) is 0 Å². The van der Waals surface area contributed by atoms with Gasteiger partial charge >= 0.3 is 5.97 Å². The second kappa shape index (κ2) is 5.78. The van der Waals surface area contributed by atoms with E-state index in [2.05, 4.69) is 5.32 Å². The number of carboxylic acids is 1. The van der Waals surface area contributed by atoms with E-state index >= 15 is 0 Å². The first kappa shape index (κ1) is 14.6. The molecule has 1 aliphatic heterocycles. The van der Waals surface area contributed by atoms with Gasteiger partial charge in [-0.3, -0.25) is 4.79 Å². The van der Waals surface area contributed by atoms with Crippen LogP contribution in [0.3, 0.4) is 0 Å². The number of para-hydroxylation sites is 1. The molecule has 0 radical (unpaired) electrons. The fourth-order valence-corrected chi connectivity index (χ4v) is 2.57. The maximum Gasteiger partial charge on any atom is 0.336 e. The van der Waals surface area contributed by atoms with Crippen LogP contribution in [0.15, 0.2) is 35.1 Å². The molecule has 3 rings (SSSR count). The monoisotopic (exact) mass is 303 g/mol. The molecule has 2 aromatic rings. The molecule has 1 aromatic carbocycles. The van der Waals surface area contributed by atoms with Crippen LogP contribution in [0.25, 0.3) is 10.9 Å². The summed E-state index contributed by atoms with van der Waals surface area (Å²) >= 11 is 0. The topological polar surface area (TPSA) is 83.8 Å². The number of nitrogens with zero attached hydrogens (tertiary/aromatic N) is 2. The van der Waals surface area contributed by atoms with E-state index in [1.807, 2.05) is 6.92 Å². The number of carbonyl (C=O) groups is 1. The third kappa shape index (κ3) is 2.56. The van der Waals surface area contributed by atoms with Crippen molar-refractivity contribution in [2.24, 2.45) is 0 Å². The fourth-order valence-electron chi connectivity index (χ4n) is 2.57. The number of piperazine rings is 1. The van der Waals surface area contributed by atoms with E-state index in [9.17, 15) is 14.7 Å². The molecule has 0 spiro atoms. The Bertz CT molecular complexity index is 771. The summed E-state index contributed by atoms with van der Waals surface area (Å²) in [4.78, 5) is 29.3. The molecule has 0 bridgehead atoms. The minimum absolute atomic E-state index is 0.0196. The highest BCUT2D eigenvalue weighted by Gasteiger charge is 2.22. The van der Waals surface area contributed by atoms with E-state index in [1.165, 1.54) is 0 Å². The van der Waals surface area contributed by atoms with E-state index in [0.717, 1.165) is 23.9 Å². The largest absolute Gasteiger partial charge is 0.478 e. The number of hydrogen-bond acceptors (Lipinski definition) is 5. The third-order valence-corrected chi connectivity index (χ3v) is 3.74. The molecule has 7 heteroatoms. The van der Waals surface area contributed by atoms with Crippen LogP contribution in [-0.4, -0.2) is 46.5 Å². The summed E-state index contributed by atoms with van der Waals surface area (Å²) in [6, 6.07) is 8.02. The Morgan fingerprint density at radius 1 is 1.41 bits per heavy atom. The standard InChI is InChI=1S/C15H17N3O4/c1-10-9-16-6-7-17(10)22-18-13-5-3-2-4-11(13)12(15(20)21)8-14(18)19/h2-5,8,10,16H,6-7,9H2,1H3,(H,20,21).